The minimum Gasteiger partial charge on any atom is -0.388 e. The predicted octanol–water partition coefficient (Wildman–Crippen LogP) is -0.478. The Hall–Kier alpha value is -2.14. The van der Waals surface area contributed by atoms with E-state index in [1.165, 1.54) is 12.1 Å². The number of benzene rings is 1. The zero-order valence-electron chi connectivity index (χ0n) is 10.6. The molecule has 0 saturated carbocycles. The molecule has 1 aromatic rings. The van der Waals surface area contributed by atoms with E-state index >= 15 is 0 Å². The van der Waals surface area contributed by atoms with Gasteiger partial charge in [-0.3, -0.25) is 10.1 Å². The lowest BCUT2D eigenvalue weighted by molar-refractivity contribution is -0.384. The van der Waals surface area contributed by atoms with Crippen molar-refractivity contribution in [3.05, 3.63) is 39.3 Å². The molecule has 0 aliphatic carbocycles. The fourth-order valence-electron chi connectivity index (χ4n) is 1.97. The summed E-state index contributed by atoms with van der Waals surface area (Å²) in [4.78, 5) is 20.9. The average Bonchev–Trinajstić information content (AvgIpc) is 2.48. The lowest BCUT2D eigenvalue weighted by atomic mass is 10.0. The molecule has 1 fully saturated rings. The summed E-state index contributed by atoms with van der Waals surface area (Å²) in [5, 5.41) is 42.8. The molecular formula is C11H13N3O7. The quantitative estimate of drug-likeness (QED) is 0.384. The van der Waals surface area contributed by atoms with Gasteiger partial charge in [-0.1, -0.05) is 0 Å². The van der Waals surface area contributed by atoms with E-state index in [2.05, 4.69) is 5.29 Å². The summed E-state index contributed by atoms with van der Waals surface area (Å²) in [6, 6.07) is 4.84. The molecule has 0 aromatic heterocycles. The highest BCUT2D eigenvalue weighted by atomic mass is 16.6. The lowest BCUT2D eigenvalue weighted by Crippen LogP contribution is -2.58. The van der Waals surface area contributed by atoms with Crippen LogP contribution in [0.15, 0.2) is 29.6 Å². The third-order valence-corrected chi connectivity index (χ3v) is 3.13. The van der Waals surface area contributed by atoms with Crippen molar-refractivity contribution in [3.8, 4) is 0 Å². The van der Waals surface area contributed by atoms with Crippen molar-refractivity contribution < 1.29 is 25.0 Å². The van der Waals surface area contributed by atoms with Gasteiger partial charge < -0.3 is 20.1 Å². The zero-order chi connectivity index (χ0) is 15.6. The summed E-state index contributed by atoms with van der Waals surface area (Å²) in [6.07, 6.45) is -5.64. The van der Waals surface area contributed by atoms with Gasteiger partial charge in [0.15, 0.2) is 6.23 Å². The summed E-state index contributed by atoms with van der Waals surface area (Å²) >= 11 is 0. The van der Waals surface area contributed by atoms with E-state index < -0.39 is 29.5 Å². The van der Waals surface area contributed by atoms with Crippen LogP contribution < -0.4 is 5.01 Å². The van der Waals surface area contributed by atoms with Crippen LogP contribution in [0.2, 0.25) is 0 Å². The smallest absolute Gasteiger partial charge is 0.269 e. The van der Waals surface area contributed by atoms with E-state index in [9.17, 15) is 30.3 Å². The van der Waals surface area contributed by atoms with Crippen LogP contribution >= 0.6 is 0 Å². The van der Waals surface area contributed by atoms with Crippen LogP contribution in [0.5, 0.6) is 0 Å². The molecule has 1 heterocycles. The second kappa shape index (κ2) is 6.10. The first kappa shape index (κ1) is 15.3. The highest BCUT2D eigenvalue weighted by molar-refractivity contribution is 5.50. The minimum absolute atomic E-state index is 0.142. The molecule has 114 valence electrons. The maximum absolute atomic E-state index is 11.0. The van der Waals surface area contributed by atoms with Gasteiger partial charge in [-0.15, -0.1) is 4.91 Å². The molecule has 1 aromatic carbocycles. The van der Waals surface area contributed by atoms with Crippen LogP contribution in [-0.2, 0) is 4.74 Å². The molecule has 4 atom stereocenters. The summed E-state index contributed by atoms with van der Waals surface area (Å²) < 4.78 is 5.10. The normalized spacial score (nSPS) is 28.9. The van der Waals surface area contributed by atoms with E-state index in [1.54, 1.807) is 0 Å². The van der Waals surface area contributed by atoms with Crippen molar-refractivity contribution in [3.63, 3.8) is 0 Å². The molecule has 1 saturated heterocycles. The molecule has 1 aliphatic rings. The number of aliphatic hydroxyl groups excluding tert-OH is 3. The molecule has 10 heteroatoms. The number of anilines is 1. The molecule has 0 bridgehead atoms. The number of non-ortho nitro benzene ring substituents is 1. The SMILES string of the molecule is O=NN(c1ccc([N+](=O)[O-])cc1)C1OC[C@@H](O)[C@H](O)[C@@H]1O. The maximum atomic E-state index is 11.0. The van der Waals surface area contributed by atoms with Crippen LogP contribution in [0.3, 0.4) is 0 Å². The largest absolute Gasteiger partial charge is 0.388 e. The molecule has 21 heavy (non-hydrogen) atoms. The number of nitrogens with zero attached hydrogens (tertiary/aromatic N) is 3. The minimum atomic E-state index is -1.57. The Kier molecular flexibility index (Phi) is 4.43. The third kappa shape index (κ3) is 2.97. The van der Waals surface area contributed by atoms with Crippen molar-refractivity contribution in [1.29, 1.82) is 0 Å². The Morgan fingerprint density at radius 2 is 1.86 bits per heavy atom. The number of nitroso groups, excluding NO2 is 1. The van der Waals surface area contributed by atoms with E-state index in [-0.39, 0.29) is 18.0 Å². The van der Waals surface area contributed by atoms with Crippen LogP contribution in [0, 0.1) is 15.0 Å². The molecule has 2 rings (SSSR count). The number of nitro groups is 1. The van der Waals surface area contributed by atoms with E-state index in [0.717, 1.165) is 17.1 Å². The van der Waals surface area contributed by atoms with E-state index in [1.807, 2.05) is 0 Å². The highest BCUT2D eigenvalue weighted by Gasteiger charge is 2.41. The van der Waals surface area contributed by atoms with Crippen molar-refractivity contribution in [2.24, 2.45) is 5.29 Å². The molecule has 0 amide bonds. The topological polar surface area (TPSA) is 146 Å². The van der Waals surface area contributed by atoms with Crippen molar-refractivity contribution in [2.45, 2.75) is 24.5 Å². The van der Waals surface area contributed by atoms with Crippen molar-refractivity contribution in [1.82, 2.24) is 0 Å². The van der Waals surface area contributed by atoms with Gasteiger partial charge in [0.2, 0.25) is 0 Å². The Bertz CT molecular complexity index is 523. The number of hydrogen-bond acceptors (Lipinski definition) is 8. The van der Waals surface area contributed by atoms with E-state index in [4.69, 9.17) is 4.74 Å². The standard InChI is InChI=1S/C11H13N3O7/c15-8-5-21-11(10(17)9(8)16)13(12-18)6-1-3-7(4-2-6)14(19)20/h1-4,8-11,15-17H,5H2/t8-,9+,10+,11?/m1/s1. The van der Waals surface area contributed by atoms with E-state index in [0.29, 0.717) is 0 Å². The van der Waals surface area contributed by atoms with Gasteiger partial charge in [-0.25, -0.2) is 0 Å². The Labute approximate surface area is 118 Å². The van der Waals surface area contributed by atoms with Crippen LogP contribution in [-0.4, -0.2) is 51.4 Å². The maximum Gasteiger partial charge on any atom is 0.269 e. The number of hydrogen-bond donors (Lipinski definition) is 3. The first-order valence-corrected chi connectivity index (χ1v) is 5.98. The Morgan fingerprint density at radius 1 is 1.24 bits per heavy atom. The molecule has 0 spiro atoms. The first-order chi connectivity index (χ1) is 9.95. The number of rotatable bonds is 4. The fraction of sp³-hybridized carbons (Fsp3) is 0.455. The highest BCUT2D eigenvalue weighted by Crippen LogP contribution is 2.26. The second-order valence-electron chi connectivity index (χ2n) is 4.47. The monoisotopic (exact) mass is 299 g/mol. The van der Waals surface area contributed by atoms with Gasteiger partial charge in [-0.2, -0.15) is 5.01 Å². The average molecular weight is 299 g/mol. The van der Waals surface area contributed by atoms with Gasteiger partial charge in [0.05, 0.1) is 22.5 Å². The van der Waals surface area contributed by atoms with Crippen molar-refractivity contribution in [2.75, 3.05) is 11.6 Å². The molecule has 1 aliphatic heterocycles. The van der Waals surface area contributed by atoms with Crippen LogP contribution in [0.1, 0.15) is 0 Å². The molecule has 3 N–H and O–H groups in total. The molecule has 10 nitrogen and oxygen atoms in total. The van der Waals surface area contributed by atoms with Crippen LogP contribution in [0.25, 0.3) is 0 Å². The van der Waals surface area contributed by atoms with Gasteiger partial charge in [0.25, 0.3) is 5.69 Å². The summed E-state index contributed by atoms with van der Waals surface area (Å²) in [7, 11) is 0. The summed E-state index contributed by atoms with van der Waals surface area (Å²) in [5.74, 6) is 0. The first-order valence-electron chi connectivity index (χ1n) is 5.98. The second-order valence-corrected chi connectivity index (χ2v) is 4.47. The van der Waals surface area contributed by atoms with Gasteiger partial charge >= 0.3 is 0 Å². The Balaban J connectivity index is 2.23. The number of nitro benzene ring substituents is 1. The van der Waals surface area contributed by atoms with Crippen LogP contribution in [0.4, 0.5) is 11.4 Å². The van der Waals surface area contributed by atoms with Crippen molar-refractivity contribution >= 4 is 11.4 Å². The third-order valence-electron chi connectivity index (χ3n) is 3.13. The van der Waals surface area contributed by atoms with Gasteiger partial charge in [-0.05, 0) is 12.1 Å². The molecule has 1 unspecified atom stereocenters. The predicted molar refractivity (Wildman–Crippen MR) is 69.1 cm³/mol. The lowest BCUT2D eigenvalue weighted by Gasteiger charge is -2.38. The number of aliphatic hydroxyl groups is 3. The number of ether oxygens (including phenoxy) is 1. The molecular weight excluding hydrogens is 286 g/mol. The Morgan fingerprint density at radius 3 is 2.38 bits per heavy atom. The van der Waals surface area contributed by atoms with Gasteiger partial charge in [0.1, 0.15) is 18.3 Å². The van der Waals surface area contributed by atoms with Gasteiger partial charge in [0, 0.05) is 12.1 Å². The summed E-state index contributed by atoms with van der Waals surface area (Å²) in [5.41, 5.74) is -0.0339. The summed E-state index contributed by atoms with van der Waals surface area (Å²) in [6.45, 7) is -0.290. The fourth-order valence-corrected chi connectivity index (χ4v) is 1.97. The zero-order valence-corrected chi connectivity index (χ0v) is 10.6. The molecule has 0 radical (unpaired) electrons.